The number of ether oxygens (including phenoxy) is 1. The standard InChI is InChI=1S/C20H22N4O4S/c25-20(18-14-22-11-15-5-6-21-13-17(15)18)23-12-16-3-1-2-4-19(16)29(26,27)24-7-9-28-10-8-24/h1-6,13-14,22H,7-12H2,(H,23,25). The average molecular weight is 414 g/mol. The summed E-state index contributed by atoms with van der Waals surface area (Å²) in [5.74, 6) is -0.287. The highest BCUT2D eigenvalue weighted by Gasteiger charge is 2.28. The van der Waals surface area contributed by atoms with Crippen molar-refractivity contribution in [1.82, 2.24) is 19.9 Å². The number of benzene rings is 1. The number of rotatable bonds is 5. The predicted octanol–water partition coefficient (Wildman–Crippen LogP) is 0.863. The molecule has 4 rings (SSSR count). The second-order valence-corrected chi connectivity index (χ2v) is 8.68. The van der Waals surface area contributed by atoms with Gasteiger partial charge in [0.25, 0.3) is 5.91 Å². The zero-order valence-electron chi connectivity index (χ0n) is 15.8. The summed E-state index contributed by atoms with van der Waals surface area (Å²) in [6.45, 7) is 2.15. The third kappa shape index (κ3) is 4.02. The van der Waals surface area contributed by atoms with Crippen LogP contribution < -0.4 is 10.6 Å². The quantitative estimate of drug-likeness (QED) is 0.753. The largest absolute Gasteiger partial charge is 0.386 e. The van der Waals surface area contributed by atoms with E-state index in [4.69, 9.17) is 4.74 Å². The molecule has 1 fully saturated rings. The van der Waals surface area contributed by atoms with Gasteiger partial charge < -0.3 is 15.4 Å². The number of nitrogens with zero attached hydrogens (tertiary/aromatic N) is 2. The molecular formula is C20H22N4O4S. The molecule has 2 aliphatic heterocycles. The van der Waals surface area contributed by atoms with E-state index in [2.05, 4.69) is 15.6 Å². The molecule has 1 aromatic heterocycles. The Labute approximate surface area is 169 Å². The van der Waals surface area contributed by atoms with Gasteiger partial charge in [-0.05, 0) is 23.3 Å². The van der Waals surface area contributed by atoms with Gasteiger partial charge in [0.15, 0.2) is 0 Å². The first kappa shape index (κ1) is 19.6. The van der Waals surface area contributed by atoms with Gasteiger partial charge in [0, 0.05) is 50.3 Å². The van der Waals surface area contributed by atoms with Crippen molar-refractivity contribution in [1.29, 1.82) is 0 Å². The molecule has 1 saturated heterocycles. The van der Waals surface area contributed by atoms with Gasteiger partial charge in [-0.15, -0.1) is 0 Å². The van der Waals surface area contributed by atoms with E-state index >= 15 is 0 Å². The van der Waals surface area contributed by atoms with Gasteiger partial charge in [-0.2, -0.15) is 4.31 Å². The summed E-state index contributed by atoms with van der Waals surface area (Å²) in [6, 6.07) is 8.62. The first-order valence-electron chi connectivity index (χ1n) is 9.38. The van der Waals surface area contributed by atoms with Crippen LogP contribution in [0.2, 0.25) is 0 Å². The Balaban J connectivity index is 1.53. The molecular weight excluding hydrogens is 392 g/mol. The number of pyridine rings is 1. The van der Waals surface area contributed by atoms with Crippen LogP contribution in [0.4, 0.5) is 0 Å². The molecule has 0 spiro atoms. The molecule has 0 atom stereocenters. The lowest BCUT2D eigenvalue weighted by atomic mass is 9.99. The summed E-state index contributed by atoms with van der Waals surface area (Å²) >= 11 is 0. The molecule has 0 saturated carbocycles. The summed E-state index contributed by atoms with van der Waals surface area (Å²) in [6.07, 6.45) is 5.02. The zero-order valence-corrected chi connectivity index (χ0v) is 16.6. The van der Waals surface area contributed by atoms with Crippen LogP contribution in [0.5, 0.6) is 0 Å². The normalized spacial score (nSPS) is 17.0. The highest BCUT2D eigenvalue weighted by molar-refractivity contribution is 7.89. The maximum absolute atomic E-state index is 13.0. The number of aromatic nitrogens is 1. The minimum Gasteiger partial charge on any atom is -0.386 e. The summed E-state index contributed by atoms with van der Waals surface area (Å²) in [5, 5.41) is 5.93. The average Bonchev–Trinajstić information content (AvgIpc) is 2.78. The number of amides is 1. The van der Waals surface area contributed by atoms with Gasteiger partial charge in [-0.1, -0.05) is 18.2 Å². The Morgan fingerprint density at radius 1 is 1.21 bits per heavy atom. The van der Waals surface area contributed by atoms with Crippen LogP contribution in [0.15, 0.2) is 53.8 Å². The highest BCUT2D eigenvalue weighted by atomic mass is 32.2. The van der Waals surface area contributed by atoms with Gasteiger partial charge in [-0.3, -0.25) is 9.78 Å². The van der Waals surface area contributed by atoms with Gasteiger partial charge in [0.05, 0.1) is 23.7 Å². The summed E-state index contributed by atoms with van der Waals surface area (Å²) in [4.78, 5) is 17.1. The van der Waals surface area contributed by atoms with E-state index < -0.39 is 10.0 Å². The van der Waals surface area contributed by atoms with Gasteiger partial charge in [-0.25, -0.2) is 8.42 Å². The number of morpholine rings is 1. The molecule has 0 aliphatic carbocycles. The fraction of sp³-hybridized carbons (Fsp3) is 0.300. The molecule has 8 nitrogen and oxygen atoms in total. The lowest BCUT2D eigenvalue weighted by molar-refractivity contribution is -0.115. The number of hydrogen-bond acceptors (Lipinski definition) is 6. The summed E-state index contributed by atoms with van der Waals surface area (Å²) < 4.78 is 32.8. The second kappa shape index (κ2) is 8.32. The van der Waals surface area contributed by atoms with Crippen LogP contribution in [-0.2, 0) is 32.6 Å². The SMILES string of the molecule is O=C(NCc1ccccc1S(=O)(=O)N1CCOCC1)C1=CNCc2ccncc21. The summed E-state index contributed by atoms with van der Waals surface area (Å²) in [7, 11) is -3.65. The number of carbonyl (C=O) groups is 1. The monoisotopic (exact) mass is 414 g/mol. The number of fused-ring (bicyclic) bond motifs is 1. The van der Waals surface area contributed by atoms with Crippen molar-refractivity contribution in [3.05, 3.63) is 65.6 Å². The fourth-order valence-corrected chi connectivity index (χ4v) is 5.08. The van der Waals surface area contributed by atoms with Gasteiger partial charge in [0.1, 0.15) is 0 Å². The molecule has 9 heteroatoms. The van der Waals surface area contributed by atoms with E-state index in [1.165, 1.54) is 4.31 Å². The smallest absolute Gasteiger partial charge is 0.253 e. The Hall–Kier alpha value is -2.75. The molecule has 2 N–H and O–H groups in total. The number of nitrogens with one attached hydrogen (secondary N) is 2. The molecule has 1 aromatic carbocycles. The van der Waals surface area contributed by atoms with Crippen LogP contribution in [0.3, 0.4) is 0 Å². The van der Waals surface area contributed by atoms with Gasteiger partial charge >= 0.3 is 0 Å². The zero-order chi connectivity index (χ0) is 20.3. The van der Waals surface area contributed by atoms with Crippen molar-refractivity contribution in [2.45, 2.75) is 18.0 Å². The predicted molar refractivity (Wildman–Crippen MR) is 107 cm³/mol. The van der Waals surface area contributed by atoms with Crippen molar-refractivity contribution >= 4 is 21.5 Å². The number of sulfonamides is 1. The van der Waals surface area contributed by atoms with Crippen molar-refractivity contribution in [3.63, 3.8) is 0 Å². The van der Waals surface area contributed by atoms with Crippen molar-refractivity contribution in [2.75, 3.05) is 26.3 Å². The molecule has 29 heavy (non-hydrogen) atoms. The molecule has 3 heterocycles. The Morgan fingerprint density at radius 2 is 2.00 bits per heavy atom. The first-order valence-corrected chi connectivity index (χ1v) is 10.8. The van der Waals surface area contributed by atoms with E-state index in [1.54, 1.807) is 42.9 Å². The van der Waals surface area contributed by atoms with E-state index in [9.17, 15) is 13.2 Å². The molecule has 0 bridgehead atoms. The van der Waals surface area contributed by atoms with Crippen LogP contribution in [-0.4, -0.2) is 49.9 Å². The first-order chi connectivity index (χ1) is 14.1. The van der Waals surface area contributed by atoms with Crippen molar-refractivity contribution in [3.8, 4) is 0 Å². The van der Waals surface area contributed by atoms with E-state index in [0.717, 1.165) is 11.1 Å². The Bertz CT molecular complexity index is 1050. The topological polar surface area (TPSA) is 101 Å². The second-order valence-electron chi connectivity index (χ2n) is 6.78. The minimum absolute atomic E-state index is 0.103. The van der Waals surface area contributed by atoms with Crippen molar-refractivity contribution in [2.24, 2.45) is 0 Å². The van der Waals surface area contributed by atoms with E-state index in [0.29, 0.717) is 44.0 Å². The Morgan fingerprint density at radius 3 is 2.83 bits per heavy atom. The number of carbonyl (C=O) groups excluding carboxylic acids is 1. The molecule has 0 radical (unpaired) electrons. The minimum atomic E-state index is -3.65. The molecule has 2 aromatic rings. The third-order valence-electron chi connectivity index (χ3n) is 4.98. The van der Waals surface area contributed by atoms with Crippen molar-refractivity contribution < 1.29 is 17.9 Å². The highest BCUT2D eigenvalue weighted by Crippen LogP contribution is 2.23. The molecule has 1 amide bonds. The van der Waals surface area contributed by atoms with Crippen LogP contribution in [0.1, 0.15) is 16.7 Å². The third-order valence-corrected chi connectivity index (χ3v) is 6.98. The van der Waals surface area contributed by atoms with Gasteiger partial charge in [0.2, 0.25) is 10.0 Å². The lowest BCUT2D eigenvalue weighted by Crippen LogP contribution is -2.41. The van der Waals surface area contributed by atoms with Crippen LogP contribution >= 0.6 is 0 Å². The molecule has 0 unspecified atom stereocenters. The summed E-state index contributed by atoms with van der Waals surface area (Å²) in [5.41, 5.74) is 2.79. The molecule has 2 aliphatic rings. The van der Waals surface area contributed by atoms with Crippen LogP contribution in [0.25, 0.3) is 5.57 Å². The molecule has 152 valence electrons. The Kier molecular flexibility index (Phi) is 5.61. The van der Waals surface area contributed by atoms with E-state index in [1.807, 2.05) is 6.07 Å². The van der Waals surface area contributed by atoms with Crippen LogP contribution in [0, 0.1) is 0 Å². The maximum atomic E-state index is 13.0. The van der Waals surface area contributed by atoms with E-state index in [-0.39, 0.29) is 17.3 Å². The number of hydrogen-bond donors (Lipinski definition) is 2. The maximum Gasteiger partial charge on any atom is 0.253 e. The fourth-order valence-electron chi connectivity index (χ4n) is 3.45. The lowest BCUT2D eigenvalue weighted by Gasteiger charge is -2.27.